The van der Waals surface area contributed by atoms with Gasteiger partial charge in [-0.3, -0.25) is 10.1 Å². The van der Waals surface area contributed by atoms with Crippen molar-refractivity contribution in [1.82, 2.24) is 15.2 Å². The molecule has 0 radical (unpaired) electrons. The first kappa shape index (κ1) is 13.1. The fraction of sp³-hybridized carbons (Fsp3) is 0.455. The zero-order chi connectivity index (χ0) is 14.1. The summed E-state index contributed by atoms with van der Waals surface area (Å²) in [6, 6.07) is 0. The molecule has 20 heavy (non-hydrogen) atoms. The number of nitrogens with zero attached hydrogens (tertiary/aromatic N) is 3. The fourth-order valence-electron chi connectivity index (χ4n) is 1.61. The number of rotatable bonds is 5. The summed E-state index contributed by atoms with van der Waals surface area (Å²) in [5.74, 6) is 0.567. The summed E-state index contributed by atoms with van der Waals surface area (Å²) < 4.78 is 29.9. The van der Waals surface area contributed by atoms with E-state index in [2.05, 4.69) is 20.5 Å². The smallest absolute Gasteiger partial charge is 0.291 e. The maximum Gasteiger partial charge on any atom is 0.291 e. The van der Waals surface area contributed by atoms with E-state index in [1.54, 1.807) is 0 Å². The molecule has 1 fully saturated rings. The Morgan fingerprint density at radius 1 is 1.50 bits per heavy atom. The minimum absolute atomic E-state index is 0.0112. The van der Waals surface area contributed by atoms with Crippen molar-refractivity contribution < 1.29 is 18.0 Å². The summed E-state index contributed by atoms with van der Waals surface area (Å²) in [6.45, 7) is 0. The Bertz CT molecular complexity index is 623. The van der Waals surface area contributed by atoms with Crippen molar-refractivity contribution in [2.75, 3.05) is 5.32 Å². The minimum Gasteiger partial charge on any atom is -0.448 e. The second kappa shape index (κ2) is 5.23. The SMILES string of the molecule is O=C(Nc1nnc(C(F)F)s1)c1coc(CC2CC2)n1. The predicted octanol–water partition coefficient (Wildman–Crippen LogP) is 2.67. The van der Waals surface area contributed by atoms with Gasteiger partial charge in [0.15, 0.2) is 16.6 Å². The maximum atomic E-state index is 12.3. The molecule has 2 aromatic rings. The highest BCUT2D eigenvalue weighted by atomic mass is 32.1. The van der Waals surface area contributed by atoms with Crippen molar-refractivity contribution in [3.8, 4) is 0 Å². The molecule has 1 aliphatic carbocycles. The fourth-order valence-corrected chi connectivity index (χ4v) is 2.21. The second-order valence-electron chi connectivity index (χ2n) is 4.47. The lowest BCUT2D eigenvalue weighted by Gasteiger charge is -1.95. The molecule has 0 unspecified atom stereocenters. The molecular weight excluding hydrogens is 290 g/mol. The Balaban J connectivity index is 1.63. The summed E-state index contributed by atoms with van der Waals surface area (Å²) in [5, 5.41) is 8.68. The number of hydrogen-bond donors (Lipinski definition) is 1. The summed E-state index contributed by atoms with van der Waals surface area (Å²) in [5.41, 5.74) is 0.106. The average Bonchev–Trinajstić information content (AvgIpc) is 2.91. The minimum atomic E-state index is -2.70. The van der Waals surface area contributed by atoms with Crippen molar-refractivity contribution in [2.24, 2.45) is 5.92 Å². The van der Waals surface area contributed by atoms with Crippen molar-refractivity contribution in [3.05, 3.63) is 22.9 Å². The standard InChI is InChI=1S/C11H10F2N4O2S/c12-8(13)10-16-17-11(20-10)15-9(18)6-4-19-7(14-6)3-5-1-2-5/h4-5,8H,1-3H2,(H,15,17,18). The number of anilines is 1. The van der Waals surface area contributed by atoms with E-state index in [0.29, 0.717) is 23.1 Å². The molecule has 0 aromatic carbocycles. The number of oxazole rings is 1. The van der Waals surface area contributed by atoms with Gasteiger partial charge in [-0.1, -0.05) is 11.3 Å². The van der Waals surface area contributed by atoms with E-state index in [1.807, 2.05) is 0 Å². The Morgan fingerprint density at radius 2 is 2.30 bits per heavy atom. The van der Waals surface area contributed by atoms with Crippen molar-refractivity contribution in [1.29, 1.82) is 0 Å². The summed E-state index contributed by atoms with van der Waals surface area (Å²) >= 11 is 0.629. The molecule has 2 heterocycles. The quantitative estimate of drug-likeness (QED) is 0.918. The lowest BCUT2D eigenvalue weighted by atomic mass is 10.3. The Labute approximate surface area is 116 Å². The number of carbonyl (C=O) groups is 1. The molecule has 1 saturated carbocycles. The van der Waals surface area contributed by atoms with E-state index in [4.69, 9.17) is 4.42 Å². The maximum absolute atomic E-state index is 12.3. The largest absolute Gasteiger partial charge is 0.448 e. The van der Waals surface area contributed by atoms with Gasteiger partial charge in [0.25, 0.3) is 12.3 Å². The number of halogens is 2. The number of hydrogen-bond acceptors (Lipinski definition) is 6. The number of amides is 1. The molecule has 0 aliphatic heterocycles. The van der Waals surface area contributed by atoms with E-state index in [-0.39, 0.29) is 10.8 Å². The molecule has 1 amide bonds. The lowest BCUT2D eigenvalue weighted by Crippen LogP contribution is -2.12. The third-order valence-corrected chi connectivity index (χ3v) is 3.64. The van der Waals surface area contributed by atoms with Gasteiger partial charge < -0.3 is 4.42 Å². The van der Waals surface area contributed by atoms with Crippen LogP contribution in [0.15, 0.2) is 10.7 Å². The first-order valence-electron chi connectivity index (χ1n) is 5.99. The topological polar surface area (TPSA) is 80.9 Å². The van der Waals surface area contributed by atoms with Crippen LogP contribution in [0.1, 0.15) is 40.7 Å². The van der Waals surface area contributed by atoms with Crippen LogP contribution in [-0.2, 0) is 6.42 Å². The van der Waals surface area contributed by atoms with Crippen molar-refractivity contribution in [3.63, 3.8) is 0 Å². The molecule has 1 aliphatic rings. The molecule has 1 N–H and O–H groups in total. The summed E-state index contributed by atoms with van der Waals surface area (Å²) in [7, 11) is 0. The monoisotopic (exact) mass is 300 g/mol. The Kier molecular flexibility index (Phi) is 3.43. The molecule has 0 bridgehead atoms. The van der Waals surface area contributed by atoms with Gasteiger partial charge in [0.1, 0.15) is 6.26 Å². The lowest BCUT2D eigenvalue weighted by molar-refractivity contribution is 0.102. The number of aromatic nitrogens is 3. The van der Waals surface area contributed by atoms with E-state index >= 15 is 0 Å². The van der Waals surface area contributed by atoms with Gasteiger partial charge in [0.2, 0.25) is 5.13 Å². The molecular formula is C11H10F2N4O2S. The van der Waals surface area contributed by atoms with Crippen LogP contribution in [0.3, 0.4) is 0 Å². The van der Waals surface area contributed by atoms with Crippen LogP contribution < -0.4 is 5.32 Å². The van der Waals surface area contributed by atoms with Crippen LogP contribution in [0.5, 0.6) is 0 Å². The van der Waals surface area contributed by atoms with E-state index < -0.39 is 17.3 Å². The predicted molar refractivity (Wildman–Crippen MR) is 65.8 cm³/mol. The van der Waals surface area contributed by atoms with Gasteiger partial charge in [-0.05, 0) is 18.8 Å². The normalized spacial score (nSPS) is 14.8. The summed E-state index contributed by atoms with van der Waals surface area (Å²) in [4.78, 5) is 15.9. The zero-order valence-electron chi connectivity index (χ0n) is 10.2. The number of nitrogens with one attached hydrogen (secondary N) is 1. The molecule has 9 heteroatoms. The van der Waals surface area contributed by atoms with E-state index in [1.165, 1.54) is 6.26 Å². The number of carbonyl (C=O) groups excluding carboxylic acids is 1. The third kappa shape index (κ3) is 2.98. The Hall–Kier alpha value is -1.90. The van der Waals surface area contributed by atoms with Gasteiger partial charge in [-0.25, -0.2) is 13.8 Å². The van der Waals surface area contributed by atoms with Gasteiger partial charge in [-0.2, -0.15) is 0 Å². The van der Waals surface area contributed by atoms with Crippen molar-refractivity contribution in [2.45, 2.75) is 25.7 Å². The first-order valence-corrected chi connectivity index (χ1v) is 6.81. The average molecular weight is 300 g/mol. The van der Waals surface area contributed by atoms with Crippen LogP contribution in [0.25, 0.3) is 0 Å². The van der Waals surface area contributed by atoms with E-state index in [0.717, 1.165) is 19.3 Å². The first-order chi connectivity index (χ1) is 9.61. The molecule has 0 atom stereocenters. The van der Waals surface area contributed by atoms with Crippen LogP contribution in [0, 0.1) is 5.92 Å². The molecule has 106 valence electrons. The molecule has 3 rings (SSSR count). The highest BCUT2D eigenvalue weighted by molar-refractivity contribution is 7.15. The van der Waals surface area contributed by atoms with Gasteiger partial charge in [0, 0.05) is 6.42 Å². The van der Waals surface area contributed by atoms with Crippen molar-refractivity contribution >= 4 is 22.4 Å². The van der Waals surface area contributed by atoms with Crippen LogP contribution in [0.2, 0.25) is 0 Å². The molecule has 6 nitrogen and oxygen atoms in total. The van der Waals surface area contributed by atoms with E-state index in [9.17, 15) is 13.6 Å². The molecule has 2 aromatic heterocycles. The number of alkyl halides is 2. The Morgan fingerprint density at radius 3 is 2.95 bits per heavy atom. The van der Waals surface area contributed by atoms with Crippen LogP contribution in [-0.4, -0.2) is 21.1 Å². The molecule has 0 saturated heterocycles. The molecule has 0 spiro atoms. The van der Waals surface area contributed by atoms with Crippen LogP contribution >= 0.6 is 11.3 Å². The van der Waals surface area contributed by atoms with Gasteiger partial charge in [-0.15, -0.1) is 10.2 Å². The van der Waals surface area contributed by atoms with Gasteiger partial charge >= 0.3 is 0 Å². The van der Waals surface area contributed by atoms with Crippen LogP contribution in [0.4, 0.5) is 13.9 Å². The third-order valence-electron chi connectivity index (χ3n) is 2.79. The second-order valence-corrected chi connectivity index (χ2v) is 5.48. The summed E-state index contributed by atoms with van der Waals surface area (Å²) in [6.07, 6.45) is 1.59. The van der Waals surface area contributed by atoms with Gasteiger partial charge in [0.05, 0.1) is 0 Å². The highest BCUT2D eigenvalue weighted by Gasteiger charge is 2.25. The highest BCUT2D eigenvalue weighted by Crippen LogP contribution is 2.32. The zero-order valence-corrected chi connectivity index (χ0v) is 11.0.